The summed E-state index contributed by atoms with van der Waals surface area (Å²) in [7, 11) is 0. The summed E-state index contributed by atoms with van der Waals surface area (Å²) in [5.41, 5.74) is 4.81. The van der Waals surface area contributed by atoms with Gasteiger partial charge in [-0.3, -0.25) is 4.79 Å². The second-order valence-corrected chi connectivity index (χ2v) is 8.07. The van der Waals surface area contributed by atoms with Gasteiger partial charge in [0.1, 0.15) is 0 Å². The number of hydrogen-bond donors (Lipinski definition) is 3. The maximum absolute atomic E-state index is 13.0. The van der Waals surface area contributed by atoms with Crippen LogP contribution in [0.25, 0.3) is 10.8 Å². The van der Waals surface area contributed by atoms with E-state index in [-0.39, 0.29) is 5.91 Å². The van der Waals surface area contributed by atoms with E-state index in [1.807, 2.05) is 44.2 Å². The zero-order valence-electron chi connectivity index (χ0n) is 18.2. The summed E-state index contributed by atoms with van der Waals surface area (Å²) in [5.74, 6) is 6.10. The van der Waals surface area contributed by atoms with E-state index in [1.165, 1.54) is 0 Å². The Bertz CT molecular complexity index is 1150. The summed E-state index contributed by atoms with van der Waals surface area (Å²) >= 11 is 0. The summed E-state index contributed by atoms with van der Waals surface area (Å²) in [6.07, 6.45) is 2.20. The van der Waals surface area contributed by atoms with Crippen LogP contribution in [0.15, 0.2) is 54.6 Å². The van der Waals surface area contributed by atoms with Crippen LogP contribution in [-0.4, -0.2) is 25.0 Å². The molecule has 3 aromatic carbocycles. The van der Waals surface area contributed by atoms with Crippen LogP contribution in [0.3, 0.4) is 0 Å². The first-order valence-corrected chi connectivity index (χ1v) is 10.9. The summed E-state index contributed by atoms with van der Waals surface area (Å²) in [6, 6.07) is 18.8. The number of carbonyl (C=O) groups excluding carboxylic acids is 1. The van der Waals surface area contributed by atoms with Crippen molar-refractivity contribution in [1.82, 2.24) is 10.6 Å². The second kappa shape index (κ2) is 9.68. The topological polar surface area (TPSA) is 53.2 Å². The molecule has 1 aliphatic rings. The van der Waals surface area contributed by atoms with Crippen molar-refractivity contribution in [2.24, 2.45) is 0 Å². The Labute approximate surface area is 184 Å². The molecule has 158 valence electrons. The number of aryl methyl sites for hydroxylation is 1. The molecule has 4 heteroatoms. The van der Waals surface area contributed by atoms with Gasteiger partial charge in [0.15, 0.2) is 0 Å². The highest BCUT2D eigenvalue weighted by atomic mass is 16.1. The zero-order valence-corrected chi connectivity index (χ0v) is 18.2. The van der Waals surface area contributed by atoms with Gasteiger partial charge < -0.3 is 16.0 Å². The number of anilines is 1. The lowest BCUT2D eigenvalue weighted by Gasteiger charge is -2.25. The highest BCUT2D eigenvalue weighted by molar-refractivity contribution is 5.97. The zero-order chi connectivity index (χ0) is 21.6. The fourth-order valence-corrected chi connectivity index (χ4v) is 4.19. The smallest absolute Gasteiger partial charge is 0.251 e. The van der Waals surface area contributed by atoms with E-state index < -0.39 is 0 Å². The standard InChI is InChI=1S/C27H29N3O/c1-3-6-20-10-11-21(25-8-5-4-7-24(20)25)18-29-27(31)26-17-23(12-9-19(26)2)30-22-13-15-28-16-14-22/h4-5,7-12,17,22,28,30H,13-16,18H2,1-2H3,(H,29,31). The van der Waals surface area contributed by atoms with Gasteiger partial charge in [-0.15, -0.1) is 5.92 Å². The van der Waals surface area contributed by atoms with Gasteiger partial charge in [0.25, 0.3) is 5.91 Å². The third kappa shape index (κ3) is 4.90. The van der Waals surface area contributed by atoms with E-state index in [4.69, 9.17) is 0 Å². The van der Waals surface area contributed by atoms with Crippen LogP contribution >= 0.6 is 0 Å². The Hall–Kier alpha value is -3.29. The van der Waals surface area contributed by atoms with Gasteiger partial charge in [-0.1, -0.05) is 42.3 Å². The van der Waals surface area contributed by atoms with E-state index in [1.54, 1.807) is 0 Å². The number of fused-ring (bicyclic) bond motifs is 1. The van der Waals surface area contributed by atoms with Crippen molar-refractivity contribution < 1.29 is 4.79 Å². The maximum Gasteiger partial charge on any atom is 0.251 e. The number of amides is 1. The van der Waals surface area contributed by atoms with Gasteiger partial charge in [0.2, 0.25) is 0 Å². The molecule has 3 N–H and O–H groups in total. The molecule has 0 bridgehead atoms. The lowest BCUT2D eigenvalue weighted by molar-refractivity contribution is 0.0950. The molecule has 0 saturated carbocycles. The summed E-state index contributed by atoms with van der Waals surface area (Å²) in [6.45, 7) is 6.38. The molecule has 4 rings (SSSR count). The molecule has 1 saturated heterocycles. The van der Waals surface area contributed by atoms with Crippen molar-refractivity contribution in [2.45, 2.75) is 39.3 Å². The Kier molecular flexibility index (Phi) is 6.54. The average molecular weight is 412 g/mol. The van der Waals surface area contributed by atoms with Gasteiger partial charge in [-0.25, -0.2) is 0 Å². The molecule has 0 aromatic heterocycles. The fraction of sp³-hybridized carbons (Fsp3) is 0.296. The van der Waals surface area contributed by atoms with Crippen molar-refractivity contribution in [1.29, 1.82) is 0 Å². The van der Waals surface area contributed by atoms with E-state index in [9.17, 15) is 4.79 Å². The highest BCUT2D eigenvalue weighted by Crippen LogP contribution is 2.23. The Morgan fingerprint density at radius 3 is 2.61 bits per heavy atom. The molecule has 0 spiro atoms. The Morgan fingerprint density at radius 1 is 1.06 bits per heavy atom. The largest absolute Gasteiger partial charge is 0.382 e. The number of benzene rings is 3. The van der Waals surface area contributed by atoms with Gasteiger partial charge >= 0.3 is 0 Å². The van der Waals surface area contributed by atoms with Crippen LogP contribution in [0.2, 0.25) is 0 Å². The molecule has 0 aliphatic carbocycles. The Morgan fingerprint density at radius 2 is 1.84 bits per heavy atom. The third-order valence-corrected chi connectivity index (χ3v) is 5.91. The highest BCUT2D eigenvalue weighted by Gasteiger charge is 2.15. The van der Waals surface area contributed by atoms with Gasteiger partial charge in [0, 0.05) is 29.4 Å². The molecular weight excluding hydrogens is 382 g/mol. The number of hydrogen-bond acceptors (Lipinski definition) is 3. The molecule has 0 unspecified atom stereocenters. The van der Waals surface area contributed by atoms with E-state index in [0.717, 1.165) is 64.6 Å². The minimum absolute atomic E-state index is 0.0482. The first-order chi connectivity index (χ1) is 15.2. The Balaban J connectivity index is 1.50. The van der Waals surface area contributed by atoms with Gasteiger partial charge in [0.05, 0.1) is 0 Å². The van der Waals surface area contributed by atoms with Crippen LogP contribution < -0.4 is 16.0 Å². The first kappa shape index (κ1) is 21.0. The normalized spacial score (nSPS) is 14.0. The van der Waals surface area contributed by atoms with Crippen molar-refractivity contribution in [2.75, 3.05) is 18.4 Å². The lowest BCUT2D eigenvalue weighted by Crippen LogP contribution is -2.35. The van der Waals surface area contributed by atoms with Crippen LogP contribution in [-0.2, 0) is 6.54 Å². The molecule has 1 fully saturated rings. The van der Waals surface area contributed by atoms with Crippen LogP contribution in [0.1, 0.15) is 46.8 Å². The maximum atomic E-state index is 13.0. The van der Waals surface area contributed by atoms with E-state index >= 15 is 0 Å². The lowest BCUT2D eigenvalue weighted by atomic mass is 9.99. The van der Waals surface area contributed by atoms with E-state index in [0.29, 0.717) is 12.6 Å². The van der Waals surface area contributed by atoms with Crippen molar-refractivity contribution in [3.63, 3.8) is 0 Å². The minimum atomic E-state index is -0.0482. The molecule has 1 aliphatic heterocycles. The van der Waals surface area contributed by atoms with E-state index in [2.05, 4.69) is 52.1 Å². The first-order valence-electron chi connectivity index (χ1n) is 10.9. The predicted molar refractivity (Wildman–Crippen MR) is 128 cm³/mol. The molecule has 0 radical (unpaired) electrons. The second-order valence-electron chi connectivity index (χ2n) is 8.07. The summed E-state index contributed by atoms with van der Waals surface area (Å²) in [5, 5.41) is 12.3. The molecule has 31 heavy (non-hydrogen) atoms. The fourth-order valence-electron chi connectivity index (χ4n) is 4.19. The quantitative estimate of drug-likeness (QED) is 0.537. The third-order valence-electron chi connectivity index (χ3n) is 5.91. The van der Waals surface area contributed by atoms with Crippen LogP contribution in [0.4, 0.5) is 5.69 Å². The SMILES string of the molecule is CC#Cc1ccc(CNC(=O)c2cc(NC3CCNCC3)ccc2C)c2ccccc12. The molecule has 1 heterocycles. The predicted octanol–water partition coefficient (Wildman–Crippen LogP) is 4.61. The van der Waals surface area contributed by atoms with Gasteiger partial charge in [-0.2, -0.15) is 0 Å². The van der Waals surface area contributed by atoms with Crippen molar-refractivity contribution in [3.8, 4) is 11.8 Å². The summed E-state index contributed by atoms with van der Waals surface area (Å²) in [4.78, 5) is 13.0. The van der Waals surface area contributed by atoms with Crippen molar-refractivity contribution in [3.05, 3.63) is 76.9 Å². The number of carbonyl (C=O) groups is 1. The monoisotopic (exact) mass is 411 g/mol. The molecule has 4 nitrogen and oxygen atoms in total. The molecular formula is C27H29N3O. The molecule has 1 amide bonds. The van der Waals surface area contributed by atoms with Crippen LogP contribution in [0.5, 0.6) is 0 Å². The number of rotatable bonds is 5. The van der Waals surface area contributed by atoms with Gasteiger partial charge in [-0.05, 0) is 79.9 Å². The molecule has 3 aromatic rings. The summed E-state index contributed by atoms with van der Waals surface area (Å²) < 4.78 is 0. The minimum Gasteiger partial charge on any atom is -0.382 e. The number of nitrogens with one attached hydrogen (secondary N) is 3. The average Bonchev–Trinajstić information content (AvgIpc) is 2.80. The van der Waals surface area contributed by atoms with Crippen molar-refractivity contribution >= 4 is 22.4 Å². The number of piperidine rings is 1. The van der Waals surface area contributed by atoms with Crippen LogP contribution in [0, 0.1) is 18.8 Å². The molecule has 0 atom stereocenters.